The predicted molar refractivity (Wildman–Crippen MR) is 50.2 cm³/mol. The molecule has 1 aromatic carbocycles. The smallest absolute Gasteiger partial charge is 0.257 e. The summed E-state index contributed by atoms with van der Waals surface area (Å²) in [6.45, 7) is -0.385. The summed E-state index contributed by atoms with van der Waals surface area (Å²) >= 11 is 0. The van der Waals surface area contributed by atoms with Gasteiger partial charge in [-0.15, -0.1) is 0 Å². The van der Waals surface area contributed by atoms with Gasteiger partial charge in [0.1, 0.15) is 11.4 Å². The summed E-state index contributed by atoms with van der Waals surface area (Å²) in [4.78, 5) is 11.2. The molecule has 0 saturated carbocycles. The molecule has 0 aliphatic carbocycles. The Morgan fingerprint density at radius 1 is 1.47 bits per heavy atom. The van der Waals surface area contributed by atoms with Crippen molar-refractivity contribution in [3.8, 4) is 0 Å². The van der Waals surface area contributed by atoms with Gasteiger partial charge in [-0.3, -0.25) is 4.79 Å². The number of hydrogen-bond acceptors (Lipinski definition) is 3. The van der Waals surface area contributed by atoms with E-state index >= 15 is 0 Å². The quantitative estimate of drug-likeness (QED) is 0.635. The van der Waals surface area contributed by atoms with Gasteiger partial charge in [0.15, 0.2) is 5.82 Å². The minimum absolute atomic E-state index is 0.0769. The van der Waals surface area contributed by atoms with Crippen LogP contribution in [0, 0.1) is 11.6 Å². The van der Waals surface area contributed by atoms with Gasteiger partial charge in [0.25, 0.3) is 5.91 Å². The highest BCUT2D eigenvalue weighted by Crippen LogP contribution is 2.18. The van der Waals surface area contributed by atoms with Crippen molar-refractivity contribution in [2.45, 2.75) is 0 Å². The molecule has 0 aliphatic rings. The number of aliphatic hydroxyl groups excluding tert-OH is 1. The van der Waals surface area contributed by atoms with Crippen LogP contribution >= 0.6 is 0 Å². The van der Waals surface area contributed by atoms with Crippen LogP contribution in [0.2, 0.25) is 0 Å². The standard InChI is InChI=1S/C9H10F2N2O2/c10-5-1-2-6(12)8(11)7(5)9(15)13-3-4-14/h1-2,14H,3-4,12H2,(H,13,15). The molecule has 0 atom stereocenters. The molecule has 82 valence electrons. The van der Waals surface area contributed by atoms with Crippen LogP contribution in [0.15, 0.2) is 12.1 Å². The van der Waals surface area contributed by atoms with Gasteiger partial charge in [0.05, 0.1) is 12.3 Å². The van der Waals surface area contributed by atoms with Crippen molar-refractivity contribution in [3.05, 3.63) is 29.3 Å². The molecule has 1 amide bonds. The molecular formula is C9H10F2N2O2. The van der Waals surface area contributed by atoms with Gasteiger partial charge in [-0.1, -0.05) is 0 Å². The Balaban J connectivity index is 3.02. The summed E-state index contributed by atoms with van der Waals surface area (Å²) < 4.78 is 26.3. The lowest BCUT2D eigenvalue weighted by Crippen LogP contribution is -2.28. The number of nitrogen functional groups attached to an aromatic ring is 1. The molecule has 0 bridgehead atoms. The maximum atomic E-state index is 13.3. The molecular weight excluding hydrogens is 206 g/mol. The Labute approximate surface area is 84.7 Å². The van der Waals surface area contributed by atoms with E-state index in [0.717, 1.165) is 12.1 Å². The van der Waals surface area contributed by atoms with Crippen LogP contribution < -0.4 is 11.1 Å². The summed E-state index contributed by atoms with van der Waals surface area (Å²) in [5.74, 6) is -3.02. The van der Waals surface area contributed by atoms with Crippen LogP contribution in [0.25, 0.3) is 0 Å². The molecule has 15 heavy (non-hydrogen) atoms. The Morgan fingerprint density at radius 2 is 2.13 bits per heavy atom. The van der Waals surface area contributed by atoms with E-state index in [1.165, 1.54) is 0 Å². The van der Waals surface area contributed by atoms with Crippen molar-refractivity contribution in [1.29, 1.82) is 0 Å². The van der Waals surface area contributed by atoms with Gasteiger partial charge >= 0.3 is 0 Å². The van der Waals surface area contributed by atoms with Crippen molar-refractivity contribution in [3.63, 3.8) is 0 Å². The van der Waals surface area contributed by atoms with Gasteiger partial charge in [-0.2, -0.15) is 0 Å². The first kappa shape index (κ1) is 11.4. The molecule has 1 aromatic rings. The zero-order valence-corrected chi connectivity index (χ0v) is 7.76. The van der Waals surface area contributed by atoms with E-state index in [4.69, 9.17) is 10.8 Å². The van der Waals surface area contributed by atoms with Gasteiger partial charge in [-0.25, -0.2) is 8.78 Å². The van der Waals surface area contributed by atoms with Crippen LogP contribution in [0.4, 0.5) is 14.5 Å². The molecule has 4 nitrogen and oxygen atoms in total. The SMILES string of the molecule is Nc1ccc(F)c(C(=O)NCCO)c1F. The normalized spacial score (nSPS) is 10.1. The van der Waals surface area contributed by atoms with Crippen molar-refractivity contribution < 1.29 is 18.7 Å². The lowest BCUT2D eigenvalue weighted by Gasteiger charge is -2.07. The number of aliphatic hydroxyl groups is 1. The highest BCUT2D eigenvalue weighted by molar-refractivity contribution is 5.95. The third-order valence-corrected chi connectivity index (χ3v) is 1.75. The summed E-state index contributed by atoms with van der Waals surface area (Å²) in [7, 11) is 0. The predicted octanol–water partition coefficient (Wildman–Crippen LogP) is 0.269. The fourth-order valence-electron chi connectivity index (χ4n) is 1.03. The monoisotopic (exact) mass is 216 g/mol. The molecule has 1 rings (SSSR count). The molecule has 0 spiro atoms. The summed E-state index contributed by atoms with van der Waals surface area (Å²) in [6, 6.07) is 1.94. The van der Waals surface area contributed by atoms with Crippen LogP contribution in [-0.2, 0) is 0 Å². The Morgan fingerprint density at radius 3 is 2.73 bits per heavy atom. The Bertz CT molecular complexity index is 383. The molecule has 0 aromatic heterocycles. The highest BCUT2D eigenvalue weighted by Gasteiger charge is 2.18. The van der Waals surface area contributed by atoms with E-state index in [1.54, 1.807) is 0 Å². The number of amides is 1. The number of halogens is 2. The van der Waals surface area contributed by atoms with Crippen molar-refractivity contribution >= 4 is 11.6 Å². The fourth-order valence-corrected chi connectivity index (χ4v) is 1.03. The lowest BCUT2D eigenvalue weighted by atomic mass is 10.1. The second kappa shape index (κ2) is 4.70. The summed E-state index contributed by atoms with van der Waals surface area (Å²) in [5, 5.41) is 10.6. The summed E-state index contributed by atoms with van der Waals surface area (Å²) in [5.41, 5.74) is 4.15. The largest absolute Gasteiger partial charge is 0.396 e. The number of nitrogens with two attached hydrogens (primary N) is 1. The number of anilines is 1. The maximum absolute atomic E-state index is 13.3. The molecule has 0 radical (unpaired) electrons. The molecule has 0 unspecified atom stereocenters. The second-order valence-electron chi connectivity index (χ2n) is 2.81. The van der Waals surface area contributed by atoms with E-state index in [-0.39, 0.29) is 18.8 Å². The van der Waals surface area contributed by atoms with E-state index in [0.29, 0.717) is 0 Å². The van der Waals surface area contributed by atoms with E-state index < -0.39 is 23.1 Å². The highest BCUT2D eigenvalue weighted by atomic mass is 19.1. The minimum atomic E-state index is -1.09. The number of rotatable bonds is 3. The first-order valence-electron chi connectivity index (χ1n) is 4.20. The molecule has 4 N–H and O–H groups in total. The number of carbonyl (C=O) groups excluding carboxylic acids is 1. The van der Waals surface area contributed by atoms with E-state index in [1.807, 2.05) is 0 Å². The fraction of sp³-hybridized carbons (Fsp3) is 0.222. The molecule has 0 heterocycles. The average molecular weight is 216 g/mol. The minimum Gasteiger partial charge on any atom is -0.396 e. The molecule has 0 aliphatic heterocycles. The third kappa shape index (κ3) is 2.41. The number of benzene rings is 1. The lowest BCUT2D eigenvalue weighted by molar-refractivity contribution is 0.0936. The second-order valence-corrected chi connectivity index (χ2v) is 2.81. The Kier molecular flexibility index (Phi) is 3.56. The average Bonchev–Trinajstić information content (AvgIpc) is 2.21. The van der Waals surface area contributed by atoms with Gasteiger partial charge < -0.3 is 16.2 Å². The van der Waals surface area contributed by atoms with Gasteiger partial charge in [0, 0.05) is 6.54 Å². The Hall–Kier alpha value is -1.69. The third-order valence-electron chi connectivity index (χ3n) is 1.75. The van der Waals surface area contributed by atoms with Crippen LogP contribution in [0.5, 0.6) is 0 Å². The summed E-state index contributed by atoms with van der Waals surface area (Å²) in [6.07, 6.45) is 0. The van der Waals surface area contributed by atoms with Crippen LogP contribution in [0.3, 0.4) is 0 Å². The molecule has 0 saturated heterocycles. The zero-order chi connectivity index (χ0) is 11.4. The van der Waals surface area contributed by atoms with Gasteiger partial charge in [0.2, 0.25) is 0 Å². The van der Waals surface area contributed by atoms with E-state index in [2.05, 4.69) is 5.32 Å². The van der Waals surface area contributed by atoms with Crippen molar-refractivity contribution in [2.24, 2.45) is 0 Å². The van der Waals surface area contributed by atoms with Crippen LogP contribution in [0.1, 0.15) is 10.4 Å². The van der Waals surface area contributed by atoms with Gasteiger partial charge in [-0.05, 0) is 12.1 Å². The first-order chi connectivity index (χ1) is 7.07. The van der Waals surface area contributed by atoms with Crippen LogP contribution in [-0.4, -0.2) is 24.2 Å². The number of carbonyl (C=O) groups is 1. The molecule has 6 heteroatoms. The van der Waals surface area contributed by atoms with Crippen molar-refractivity contribution in [2.75, 3.05) is 18.9 Å². The topological polar surface area (TPSA) is 75.4 Å². The first-order valence-corrected chi connectivity index (χ1v) is 4.20. The molecule has 0 fully saturated rings. The van der Waals surface area contributed by atoms with Crippen molar-refractivity contribution in [1.82, 2.24) is 5.32 Å². The number of hydrogen-bond donors (Lipinski definition) is 3. The number of nitrogens with one attached hydrogen (secondary N) is 1. The van der Waals surface area contributed by atoms with E-state index in [9.17, 15) is 13.6 Å². The zero-order valence-electron chi connectivity index (χ0n) is 7.76. The maximum Gasteiger partial charge on any atom is 0.257 e.